The molecule has 4 rings (SSSR count). The quantitative estimate of drug-likeness (QED) is 0.370. The minimum atomic E-state index is 0. The van der Waals surface area contributed by atoms with E-state index in [4.69, 9.17) is 20.9 Å². The second-order valence-corrected chi connectivity index (χ2v) is 7.01. The van der Waals surface area contributed by atoms with Gasteiger partial charge >= 0.3 is 0 Å². The molecule has 2 N–H and O–H groups in total. The van der Waals surface area contributed by atoms with Gasteiger partial charge in [-0.15, -0.1) is 24.0 Å². The molecular formula is C18H23ClIN5O2. The Hall–Kier alpha value is -1.39. The Balaban J connectivity index is 0.00000210. The van der Waals surface area contributed by atoms with Crippen LogP contribution in [0.1, 0.15) is 32.1 Å². The lowest BCUT2D eigenvalue weighted by molar-refractivity contribution is 0.0992. The van der Waals surface area contributed by atoms with E-state index >= 15 is 0 Å². The molecule has 2 aliphatic heterocycles. The molecule has 3 atom stereocenters. The molecule has 27 heavy (non-hydrogen) atoms. The van der Waals surface area contributed by atoms with Gasteiger partial charge in [0.05, 0.1) is 18.2 Å². The molecule has 2 saturated heterocycles. The van der Waals surface area contributed by atoms with Gasteiger partial charge in [-0.3, -0.25) is 0 Å². The first-order valence-corrected chi connectivity index (χ1v) is 9.38. The van der Waals surface area contributed by atoms with Gasteiger partial charge in [-0.05, 0) is 50.5 Å². The topological polar surface area (TPSA) is 84.6 Å². The van der Waals surface area contributed by atoms with Crippen LogP contribution < -0.4 is 10.6 Å². The summed E-state index contributed by atoms with van der Waals surface area (Å²) >= 11 is 5.91. The maximum Gasteiger partial charge on any atom is 0.248 e. The number of rotatable bonds is 5. The van der Waals surface area contributed by atoms with Crippen LogP contribution in [0.2, 0.25) is 5.02 Å². The number of aromatic nitrogens is 2. The van der Waals surface area contributed by atoms with Crippen LogP contribution >= 0.6 is 35.6 Å². The zero-order chi connectivity index (χ0) is 17.9. The van der Waals surface area contributed by atoms with E-state index in [2.05, 4.69) is 25.8 Å². The summed E-state index contributed by atoms with van der Waals surface area (Å²) in [4.78, 5) is 8.98. The minimum absolute atomic E-state index is 0. The molecular weight excluding hydrogens is 481 g/mol. The van der Waals surface area contributed by atoms with Crippen molar-refractivity contribution in [3.05, 3.63) is 35.2 Å². The fraction of sp³-hybridized carbons (Fsp3) is 0.500. The van der Waals surface area contributed by atoms with Gasteiger partial charge in [-0.25, -0.2) is 4.99 Å². The molecule has 2 fully saturated rings. The number of nitrogens with zero attached hydrogens (tertiary/aromatic N) is 3. The Bertz CT molecular complexity index is 782. The third-order valence-electron chi connectivity index (χ3n) is 4.72. The molecule has 3 unspecified atom stereocenters. The summed E-state index contributed by atoms with van der Waals surface area (Å²) in [7, 11) is 0. The first-order chi connectivity index (χ1) is 12.7. The number of guanidine groups is 1. The lowest BCUT2D eigenvalue weighted by atomic mass is 9.96. The Morgan fingerprint density at radius 1 is 1.30 bits per heavy atom. The monoisotopic (exact) mass is 503 g/mol. The number of hydrogen-bond donors (Lipinski definition) is 2. The van der Waals surface area contributed by atoms with E-state index in [1.54, 1.807) is 12.1 Å². The standard InChI is InChI=1S/C18H22ClN5O2.HI/c1-2-20-18(22-14-9-13-7-8-15(14)25-13)21-10-16-23-17(24-26-16)11-3-5-12(19)6-4-11;/h3-6,13-15H,2,7-10H2,1H3,(H2,20,21,22);1H. The zero-order valence-electron chi connectivity index (χ0n) is 15.0. The molecule has 2 bridgehead atoms. The van der Waals surface area contributed by atoms with Crippen molar-refractivity contribution in [2.75, 3.05) is 6.54 Å². The number of halogens is 2. The Labute approximate surface area is 180 Å². The van der Waals surface area contributed by atoms with Crippen molar-refractivity contribution in [1.82, 2.24) is 20.8 Å². The second kappa shape index (κ2) is 9.20. The third kappa shape index (κ3) is 4.91. The predicted molar refractivity (Wildman–Crippen MR) is 114 cm³/mol. The average molecular weight is 504 g/mol. The van der Waals surface area contributed by atoms with E-state index in [0.29, 0.717) is 41.5 Å². The molecule has 146 valence electrons. The molecule has 2 aromatic rings. The smallest absolute Gasteiger partial charge is 0.248 e. The van der Waals surface area contributed by atoms with Gasteiger partial charge in [0, 0.05) is 17.1 Å². The molecule has 9 heteroatoms. The predicted octanol–water partition coefficient (Wildman–Crippen LogP) is 3.38. The molecule has 1 aromatic carbocycles. The summed E-state index contributed by atoms with van der Waals surface area (Å²) in [6, 6.07) is 7.65. The molecule has 3 heterocycles. The van der Waals surface area contributed by atoms with Gasteiger partial charge in [0.2, 0.25) is 11.7 Å². The number of nitrogens with one attached hydrogen (secondary N) is 2. The normalized spacial score (nSPS) is 23.9. The molecule has 0 amide bonds. The maximum atomic E-state index is 5.91. The first kappa shape index (κ1) is 20.3. The van der Waals surface area contributed by atoms with E-state index in [1.807, 2.05) is 19.1 Å². The van der Waals surface area contributed by atoms with E-state index in [-0.39, 0.29) is 24.0 Å². The van der Waals surface area contributed by atoms with Crippen LogP contribution in [0.5, 0.6) is 0 Å². The van der Waals surface area contributed by atoms with Gasteiger partial charge in [0.25, 0.3) is 0 Å². The Kier molecular flexibility index (Phi) is 6.93. The summed E-state index contributed by atoms with van der Waals surface area (Å²) in [5, 5.41) is 11.4. The first-order valence-electron chi connectivity index (χ1n) is 9.00. The van der Waals surface area contributed by atoms with E-state index in [0.717, 1.165) is 30.9 Å². The van der Waals surface area contributed by atoms with Gasteiger partial charge in [-0.1, -0.05) is 16.8 Å². The van der Waals surface area contributed by atoms with Crippen LogP contribution in [0.4, 0.5) is 0 Å². The van der Waals surface area contributed by atoms with Gasteiger partial charge in [0.1, 0.15) is 6.54 Å². The van der Waals surface area contributed by atoms with Gasteiger partial charge < -0.3 is 19.9 Å². The second-order valence-electron chi connectivity index (χ2n) is 6.57. The van der Waals surface area contributed by atoms with Crippen LogP contribution in [-0.2, 0) is 11.3 Å². The molecule has 0 spiro atoms. The van der Waals surface area contributed by atoms with Crippen LogP contribution in [0, 0.1) is 0 Å². The van der Waals surface area contributed by atoms with Crippen LogP contribution in [0.3, 0.4) is 0 Å². The summed E-state index contributed by atoms with van der Waals surface area (Å²) in [6.07, 6.45) is 4.03. The van der Waals surface area contributed by atoms with Crippen molar-refractivity contribution in [2.24, 2.45) is 4.99 Å². The average Bonchev–Trinajstić information content (AvgIpc) is 3.37. The molecule has 7 nitrogen and oxygen atoms in total. The third-order valence-corrected chi connectivity index (χ3v) is 4.97. The highest BCUT2D eigenvalue weighted by molar-refractivity contribution is 14.0. The Morgan fingerprint density at radius 2 is 2.11 bits per heavy atom. The summed E-state index contributed by atoms with van der Waals surface area (Å²) in [5.74, 6) is 1.75. The van der Waals surface area contributed by atoms with E-state index < -0.39 is 0 Å². The molecule has 1 aromatic heterocycles. The van der Waals surface area contributed by atoms with Crippen molar-refractivity contribution in [2.45, 2.75) is 51.0 Å². The van der Waals surface area contributed by atoms with Crippen LogP contribution in [-0.4, -0.2) is 40.9 Å². The molecule has 0 radical (unpaired) electrons. The summed E-state index contributed by atoms with van der Waals surface area (Å²) < 4.78 is 11.2. The number of aliphatic imine (C=N–C) groups is 1. The Morgan fingerprint density at radius 3 is 2.78 bits per heavy atom. The van der Waals surface area contributed by atoms with Gasteiger partial charge in [0.15, 0.2) is 5.96 Å². The maximum absolute atomic E-state index is 5.91. The summed E-state index contributed by atoms with van der Waals surface area (Å²) in [5.41, 5.74) is 0.859. The fourth-order valence-corrected chi connectivity index (χ4v) is 3.59. The van der Waals surface area contributed by atoms with Gasteiger partial charge in [-0.2, -0.15) is 4.98 Å². The largest absolute Gasteiger partial charge is 0.373 e. The zero-order valence-corrected chi connectivity index (χ0v) is 18.1. The fourth-order valence-electron chi connectivity index (χ4n) is 3.47. The number of hydrogen-bond acceptors (Lipinski definition) is 5. The highest BCUT2D eigenvalue weighted by Gasteiger charge is 2.41. The lowest BCUT2D eigenvalue weighted by Gasteiger charge is -2.22. The number of fused-ring (bicyclic) bond motifs is 2. The highest BCUT2D eigenvalue weighted by atomic mass is 127. The molecule has 0 aliphatic carbocycles. The SMILES string of the molecule is CCNC(=NCc1nc(-c2ccc(Cl)cc2)no1)NC1CC2CCC1O2.I. The minimum Gasteiger partial charge on any atom is -0.373 e. The lowest BCUT2D eigenvalue weighted by Crippen LogP contribution is -2.47. The van der Waals surface area contributed by atoms with Crippen LogP contribution in [0.25, 0.3) is 11.4 Å². The van der Waals surface area contributed by atoms with Crippen molar-refractivity contribution in [3.8, 4) is 11.4 Å². The van der Waals surface area contributed by atoms with Crippen molar-refractivity contribution < 1.29 is 9.26 Å². The van der Waals surface area contributed by atoms with Crippen LogP contribution in [0.15, 0.2) is 33.8 Å². The van der Waals surface area contributed by atoms with Crippen molar-refractivity contribution in [3.63, 3.8) is 0 Å². The highest BCUT2D eigenvalue weighted by Crippen LogP contribution is 2.34. The number of benzene rings is 1. The number of ether oxygens (including phenoxy) is 1. The van der Waals surface area contributed by atoms with Crippen molar-refractivity contribution in [1.29, 1.82) is 0 Å². The molecule has 2 aliphatic rings. The van der Waals surface area contributed by atoms with Crippen molar-refractivity contribution >= 4 is 41.5 Å². The molecule has 0 saturated carbocycles. The van der Waals surface area contributed by atoms with E-state index in [9.17, 15) is 0 Å². The summed E-state index contributed by atoms with van der Waals surface area (Å²) in [6.45, 7) is 3.14. The van der Waals surface area contributed by atoms with E-state index in [1.165, 1.54) is 6.42 Å².